The summed E-state index contributed by atoms with van der Waals surface area (Å²) in [4.78, 5) is 13.5. The van der Waals surface area contributed by atoms with Crippen LogP contribution < -0.4 is 4.74 Å². The number of hydrogen-bond acceptors (Lipinski definition) is 4. The van der Waals surface area contributed by atoms with Gasteiger partial charge in [0.15, 0.2) is 0 Å². The van der Waals surface area contributed by atoms with Gasteiger partial charge in [-0.1, -0.05) is 194 Å². The Morgan fingerprint density at radius 1 is 0.475 bits per heavy atom. The number of ether oxygens (including phenoxy) is 1. The number of benzene rings is 11. The summed E-state index contributed by atoms with van der Waals surface area (Å²) in [7, 11) is 0. The van der Waals surface area contributed by atoms with Crippen LogP contribution in [-0.4, -0.2) is 26.0 Å². The lowest BCUT2D eigenvalue weighted by Gasteiger charge is -2.27. The number of rotatable bonds is 4. The number of allylic oxidation sites excluding steroid dienone is 3. The molecule has 6 heteroatoms. The van der Waals surface area contributed by atoms with Crippen molar-refractivity contribution in [3.8, 4) is 61.8 Å². The second kappa shape index (κ2) is 16.7. The molecule has 1 unspecified atom stereocenters. The molecule has 372 valence electrons. The molecule has 3 aliphatic heterocycles. The zero-order chi connectivity index (χ0) is 52.2. The molecule has 3 aromatic heterocycles. The number of para-hydroxylation sites is 1. The van der Waals surface area contributed by atoms with Gasteiger partial charge in [0.1, 0.15) is 17.3 Å². The Morgan fingerprint density at radius 2 is 1.20 bits per heavy atom. The summed E-state index contributed by atoms with van der Waals surface area (Å²) in [6.07, 6.45) is 9.88. The molecule has 1 atom stereocenters. The van der Waals surface area contributed by atoms with Crippen molar-refractivity contribution in [1.82, 2.24) is 14.1 Å². The van der Waals surface area contributed by atoms with E-state index in [0.29, 0.717) is 0 Å². The van der Waals surface area contributed by atoms with Crippen LogP contribution in [0.2, 0.25) is 0 Å². The molecule has 0 radical (unpaired) electrons. The summed E-state index contributed by atoms with van der Waals surface area (Å²) in [5.41, 5.74) is 19.3. The highest BCUT2D eigenvalue weighted by Gasteiger charge is 2.31. The lowest BCUT2D eigenvalue weighted by atomic mass is 9.86. The lowest BCUT2D eigenvalue weighted by molar-refractivity contribution is 0.488. The van der Waals surface area contributed by atoms with Crippen molar-refractivity contribution in [1.29, 1.82) is 0 Å². The van der Waals surface area contributed by atoms with E-state index >= 15 is 0 Å². The van der Waals surface area contributed by atoms with Crippen LogP contribution in [0.3, 0.4) is 0 Å². The molecule has 0 saturated heterocycles. The fourth-order valence-electron chi connectivity index (χ4n) is 13.7. The van der Waals surface area contributed by atoms with Crippen molar-refractivity contribution < 1.29 is 4.74 Å². The van der Waals surface area contributed by atoms with Crippen LogP contribution in [0.1, 0.15) is 12.0 Å². The molecule has 0 saturated carbocycles. The Labute approximate surface area is 464 Å². The standard InChI is InChI=1S/C74H44N4OS/c1-3-15-43(16-4-1)55-41-68(76-57-27-9-7-23-49(55)57)78-60-35-32-47(39-56(60)72-62(78)36-34-51-50-25-11-20-46-22-14-30-67(70(46)50)80-74(51)72)48-31-33-53-63(40-48)77(64-42-59(44-17-5-2-6-18-44)75-58-28-10-8-24-52(58)64)61-37-38-66-73(71(53)61)54-26-12-19-45-21-13-29-65(79-66)69(45)54/h1-26,28-42,57H,27H2. The summed E-state index contributed by atoms with van der Waals surface area (Å²) < 4.78 is 11.8. The fraction of sp³-hybridized carbons (Fsp3) is 0.0270. The number of dihydropyridines is 1. The first-order valence-corrected chi connectivity index (χ1v) is 28.3. The maximum Gasteiger partial charge on any atom is 0.136 e. The summed E-state index contributed by atoms with van der Waals surface area (Å²) >= 11 is 1.90. The number of hydrogen-bond donors (Lipinski definition) is 0. The van der Waals surface area contributed by atoms with Crippen LogP contribution >= 0.6 is 11.8 Å². The molecule has 5 nitrogen and oxygen atoms in total. The second-order valence-electron chi connectivity index (χ2n) is 21.5. The Balaban J connectivity index is 0.913. The third-order valence-corrected chi connectivity index (χ3v) is 18.3. The van der Waals surface area contributed by atoms with Crippen molar-refractivity contribution in [2.75, 3.05) is 0 Å². The molecule has 0 bridgehead atoms. The average Bonchev–Trinajstić information content (AvgIpc) is 4.26. The molecule has 0 fully saturated rings. The Morgan fingerprint density at radius 3 is 2.08 bits per heavy atom. The van der Waals surface area contributed by atoms with Gasteiger partial charge in [0.25, 0.3) is 0 Å². The minimum Gasteiger partial charge on any atom is -0.456 e. The first kappa shape index (κ1) is 44.0. The number of aromatic nitrogens is 3. The fourth-order valence-corrected chi connectivity index (χ4v) is 15.0. The zero-order valence-corrected chi connectivity index (χ0v) is 43.9. The lowest BCUT2D eigenvalue weighted by Crippen LogP contribution is -2.23. The van der Waals surface area contributed by atoms with Gasteiger partial charge in [0.05, 0.1) is 45.0 Å². The predicted octanol–water partition coefficient (Wildman–Crippen LogP) is 19.6. The Bertz CT molecular complexity index is 5200. The molecule has 0 N–H and O–H groups in total. The molecule has 1 aliphatic carbocycles. The van der Waals surface area contributed by atoms with E-state index in [9.17, 15) is 0 Å². The van der Waals surface area contributed by atoms with E-state index in [-0.39, 0.29) is 6.04 Å². The summed E-state index contributed by atoms with van der Waals surface area (Å²) in [5.74, 6) is 2.70. The summed E-state index contributed by atoms with van der Waals surface area (Å²) in [5, 5.41) is 10.7. The maximum absolute atomic E-state index is 6.87. The topological polar surface area (TPSA) is 44.3 Å². The number of nitrogens with zero attached hydrogens (tertiary/aromatic N) is 4. The van der Waals surface area contributed by atoms with Crippen LogP contribution in [0.25, 0.3) is 132 Å². The van der Waals surface area contributed by atoms with Crippen LogP contribution in [0, 0.1) is 0 Å². The Hall–Kier alpha value is -10.0. The molecule has 14 aromatic rings. The normalized spacial score (nSPS) is 15.1. The van der Waals surface area contributed by atoms with Gasteiger partial charge in [-0.3, -0.25) is 9.56 Å². The van der Waals surface area contributed by atoms with E-state index in [1.54, 1.807) is 0 Å². The SMILES string of the molecule is C1=CCC2N=C(n3c4ccc(-c5ccc6c7c8c(ccc7n(-c7cc(-c9ccccc9)nc9ccccc79)c6c5)Oc5cccc6cccc-8c56)cc4c4c5c(ccc43)-c3cccc4cccc(c34)S5)C=C(c3ccccc3)C2=C1. The third kappa shape index (κ3) is 6.30. The minimum absolute atomic E-state index is 0.0121. The van der Waals surface area contributed by atoms with Gasteiger partial charge in [0.2, 0.25) is 0 Å². The molecule has 6 heterocycles. The van der Waals surface area contributed by atoms with E-state index in [1.165, 1.54) is 64.7 Å². The van der Waals surface area contributed by atoms with Crippen LogP contribution in [-0.2, 0) is 0 Å². The molecular formula is C74H44N4OS. The second-order valence-corrected chi connectivity index (χ2v) is 22.5. The molecule has 18 rings (SSSR count). The average molecular weight is 1040 g/mol. The van der Waals surface area contributed by atoms with Gasteiger partial charge < -0.3 is 9.30 Å². The maximum atomic E-state index is 6.87. The third-order valence-electron chi connectivity index (χ3n) is 17.2. The summed E-state index contributed by atoms with van der Waals surface area (Å²) in [6.45, 7) is 0. The molecule has 80 heavy (non-hydrogen) atoms. The highest BCUT2D eigenvalue weighted by Crippen LogP contribution is 2.55. The van der Waals surface area contributed by atoms with E-state index in [4.69, 9.17) is 14.7 Å². The van der Waals surface area contributed by atoms with Crippen molar-refractivity contribution in [2.24, 2.45) is 4.99 Å². The molecule has 0 amide bonds. The van der Waals surface area contributed by atoms with E-state index < -0.39 is 0 Å². The number of fused-ring (bicyclic) bond motifs is 14. The van der Waals surface area contributed by atoms with Gasteiger partial charge >= 0.3 is 0 Å². The summed E-state index contributed by atoms with van der Waals surface area (Å²) in [6, 6.07) is 82.1. The van der Waals surface area contributed by atoms with E-state index in [2.05, 4.69) is 258 Å². The van der Waals surface area contributed by atoms with Gasteiger partial charge in [0, 0.05) is 58.6 Å². The highest BCUT2D eigenvalue weighted by molar-refractivity contribution is 8.00. The van der Waals surface area contributed by atoms with Crippen LogP contribution in [0.5, 0.6) is 11.5 Å². The first-order valence-electron chi connectivity index (χ1n) is 27.5. The van der Waals surface area contributed by atoms with Crippen molar-refractivity contribution in [3.63, 3.8) is 0 Å². The zero-order valence-electron chi connectivity index (χ0n) is 43.1. The Kier molecular flexibility index (Phi) is 9.22. The van der Waals surface area contributed by atoms with Gasteiger partial charge in [-0.15, -0.1) is 0 Å². The number of pyridine rings is 1. The van der Waals surface area contributed by atoms with Crippen molar-refractivity contribution >= 4 is 99.2 Å². The molecule has 0 spiro atoms. The van der Waals surface area contributed by atoms with E-state index in [0.717, 1.165) is 112 Å². The molecule has 4 aliphatic rings. The van der Waals surface area contributed by atoms with E-state index in [1.807, 2.05) is 11.8 Å². The smallest absolute Gasteiger partial charge is 0.136 e. The van der Waals surface area contributed by atoms with Crippen molar-refractivity contribution in [2.45, 2.75) is 22.3 Å². The van der Waals surface area contributed by atoms with Crippen LogP contribution in [0.4, 0.5) is 0 Å². The van der Waals surface area contributed by atoms with Gasteiger partial charge in [-0.25, -0.2) is 4.98 Å². The van der Waals surface area contributed by atoms with Gasteiger partial charge in [-0.05, 0) is 128 Å². The molecule has 11 aromatic carbocycles. The quantitative estimate of drug-likeness (QED) is 0.176. The first-order chi connectivity index (χ1) is 39.7. The minimum atomic E-state index is 0.0121. The number of aliphatic imine (C=N–C) groups is 1. The largest absolute Gasteiger partial charge is 0.456 e. The monoisotopic (exact) mass is 1040 g/mol. The predicted molar refractivity (Wildman–Crippen MR) is 333 cm³/mol. The van der Waals surface area contributed by atoms with Crippen molar-refractivity contribution in [3.05, 3.63) is 260 Å². The highest BCUT2D eigenvalue weighted by atomic mass is 32.2. The van der Waals surface area contributed by atoms with Gasteiger partial charge in [-0.2, -0.15) is 0 Å². The van der Waals surface area contributed by atoms with Crippen LogP contribution in [0.15, 0.2) is 269 Å². The molecular weight excluding hydrogens is 993 g/mol.